The summed E-state index contributed by atoms with van der Waals surface area (Å²) in [5, 5.41) is 7.49. The van der Waals surface area contributed by atoms with Gasteiger partial charge in [-0.15, -0.1) is 0 Å². The molecule has 1 heteroatoms. The molecule has 1 spiro atoms. The van der Waals surface area contributed by atoms with Crippen LogP contribution in [0.15, 0.2) is 261 Å². The minimum absolute atomic E-state index is 0.505. The summed E-state index contributed by atoms with van der Waals surface area (Å²) in [7, 11) is 0. The number of rotatable bonds is 5. The second-order valence-corrected chi connectivity index (χ2v) is 19.0. The van der Waals surface area contributed by atoms with Crippen LogP contribution in [0.1, 0.15) is 44.5 Å². The molecule has 0 aromatic heterocycles. The fourth-order valence-electron chi connectivity index (χ4n) is 13.4. The highest BCUT2D eigenvalue weighted by molar-refractivity contribution is 6.29. The lowest BCUT2D eigenvalue weighted by Crippen LogP contribution is -2.30. The Hall–Kier alpha value is -8.78. The molecular weight excluding hydrogens is 831 g/mol. The number of fused-ring (bicyclic) bond motifs is 19. The van der Waals surface area contributed by atoms with E-state index in [1.807, 2.05) is 0 Å². The lowest BCUT2D eigenvalue weighted by Gasteiger charge is -2.38. The van der Waals surface area contributed by atoms with Crippen LogP contribution in [0.4, 0.5) is 17.1 Å². The maximum absolute atomic E-state index is 2.64. The molecule has 3 aliphatic rings. The van der Waals surface area contributed by atoms with Gasteiger partial charge in [0.2, 0.25) is 0 Å². The van der Waals surface area contributed by atoms with E-state index in [4.69, 9.17) is 0 Å². The first kappa shape index (κ1) is 38.3. The van der Waals surface area contributed by atoms with Crippen molar-refractivity contribution in [3.8, 4) is 33.4 Å². The van der Waals surface area contributed by atoms with E-state index in [1.165, 1.54) is 110 Å². The highest BCUT2D eigenvalue weighted by atomic mass is 15.1. The monoisotopic (exact) mass is 873 g/mol. The molecule has 0 atom stereocenters. The average Bonchev–Trinajstić information content (AvgIpc) is 4.02. The van der Waals surface area contributed by atoms with Crippen LogP contribution in [0, 0.1) is 0 Å². The van der Waals surface area contributed by atoms with E-state index in [-0.39, 0.29) is 0 Å². The molecule has 0 saturated heterocycles. The molecule has 15 rings (SSSR count). The largest absolute Gasteiger partial charge is 0.309 e. The number of nitrogens with zero attached hydrogens (tertiary/aromatic N) is 1. The van der Waals surface area contributed by atoms with Crippen LogP contribution in [-0.2, 0) is 10.8 Å². The predicted octanol–water partition coefficient (Wildman–Crippen LogP) is 17.3. The minimum atomic E-state index is -0.639. The van der Waals surface area contributed by atoms with Crippen molar-refractivity contribution in [3.63, 3.8) is 0 Å². The fraction of sp³-hybridized carbons (Fsp3) is 0.0294. The summed E-state index contributed by atoms with van der Waals surface area (Å²) in [6.07, 6.45) is 0. The Balaban J connectivity index is 1.11. The van der Waals surface area contributed by atoms with Crippen molar-refractivity contribution in [1.82, 2.24) is 0 Å². The van der Waals surface area contributed by atoms with Gasteiger partial charge in [0.25, 0.3) is 0 Å². The van der Waals surface area contributed by atoms with Gasteiger partial charge < -0.3 is 4.90 Å². The van der Waals surface area contributed by atoms with Crippen molar-refractivity contribution in [2.45, 2.75) is 10.8 Å². The maximum Gasteiger partial charge on any atom is 0.0734 e. The van der Waals surface area contributed by atoms with Gasteiger partial charge in [-0.2, -0.15) is 0 Å². The molecule has 0 bridgehead atoms. The van der Waals surface area contributed by atoms with Crippen molar-refractivity contribution < 1.29 is 0 Å². The summed E-state index contributed by atoms with van der Waals surface area (Å²) in [6, 6.07) is 98.4. The van der Waals surface area contributed by atoms with Crippen LogP contribution in [0.25, 0.3) is 65.7 Å². The molecule has 320 valence electrons. The smallest absolute Gasteiger partial charge is 0.0734 e. The second kappa shape index (κ2) is 14.4. The van der Waals surface area contributed by atoms with Gasteiger partial charge in [0.05, 0.1) is 22.2 Å². The van der Waals surface area contributed by atoms with Gasteiger partial charge in [0, 0.05) is 16.6 Å². The minimum Gasteiger partial charge on any atom is -0.309 e. The van der Waals surface area contributed by atoms with E-state index in [2.05, 4.69) is 266 Å². The molecule has 0 saturated carbocycles. The maximum atomic E-state index is 2.64. The molecule has 0 fully saturated rings. The molecule has 3 aliphatic carbocycles. The van der Waals surface area contributed by atoms with Crippen LogP contribution >= 0.6 is 0 Å². The Bertz CT molecular complexity index is 3940. The Morgan fingerprint density at radius 1 is 0.246 bits per heavy atom. The number of benzene rings is 12. The third kappa shape index (κ3) is 4.93. The molecule has 0 unspecified atom stereocenters. The molecule has 0 N–H and O–H groups in total. The Morgan fingerprint density at radius 2 is 0.623 bits per heavy atom. The van der Waals surface area contributed by atoms with E-state index in [0.29, 0.717) is 0 Å². The number of anilines is 3. The summed E-state index contributed by atoms with van der Waals surface area (Å²) >= 11 is 0. The van der Waals surface area contributed by atoms with Crippen molar-refractivity contribution in [1.29, 1.82) is 0 Å². The summed E-state index contributed by atoms with van der Waals surface area (Å²) in [5.41, 5.74) is 20.4. The fourth-order valence-corrected chi connectivity index (χ4v) is 13.4. The van der Waals surface area contributed by atoms with Gasteiger partial charge >= 0.3 is 0 Å². The lowest BCUT2D eigenvalue weighted by molar-refractivity contribution is 0.768. The standard InChI is InChI=1S/C68H43N/c1-3-21-44(22-4-1)67(45-23-5-2-6-24-45)58-35-15-14-31-53(58)57-34-20-40-64(66(57)67)69(63-39-19-33-56-49-26-8-7-25-47(49)48-27-9-10-32-55(48)65(56)63)46-41-42-54-52-30-13-18-38-61(52)68(62(54)43-46)59-36-16-11-28-50(59)51-29-12-17-37-60(51)68/h1-43H. The third-order valence-corrected chi connectivity index (χ3v) is 15.9. The Kier molecular flexibility index (Phi) is 7.98. The third-order valence-electron chi connectivity index (χ3n) is 15.9. The molecule has 0 amide bonds. The Labute approximate surface area is 401 Å². The molecule has 1 nitrogen and oxygen atoms in total. The second-order valence-electron chi connectivity index (χ2n) is 19.0. The van der Waals surface area contributed by atoms with Crippen molar-refractivity contribution >= 4 is 49.4 Å². The van der Waals surface area contributed by atoms with Crippen molar-refractivity contribution in [2.24, 2.45) is 0 Å². The average molecular weight is 874 g/mol. The molecular formula is C68H43N. The van der Waals surface area contributed by atoms with Crippen molar-refractivity contribution in [2.75, 3.05) is 4.90 Å². The first-order chi connectivity index (χ1) is 34.3. The van der Waals surface area contributed by atoms with Crippen molar-refractivity contribution in [3.05, 3.63) is 305 Å². The molecule has 12 aromatic rings. The van der Waals surface area contributed by atoms with Crippen LogP contribution < -0.4 is 4.90 Å². The summed E-state index contributed by atoms with van der Waals surface area (Å²) < 4.78 is 0. The zero-order chi connectivity index (χ0) is 45.3. The quantitative estimate of drug-likeness (QED) is 0.156. The zero-order valence-electron chi connectivity index (χ0n) is 37.8. The highest BCUT2D eigenvalue weighted by Gasteiger charge is 2.52. The number of hydrogen-bond acceptors (Lipinski definition) is 1. The van der Waals surface area contributed by atoms with Crippen LogP contribution in [0.2, 0.25) is 0 Å². The lowest BCUT2D eigenvalue weighted by atomic mass is 9.67. The van der Waals surface area contributed by atoms with E-state index in [1.54, 1.807) is 0 Å². The SMILES string of the molecule is c1ccc(C2(c3ccccc3)c3ccccc3-c3cccc(N(c4ccc5c(c4)C4(c6ccccc6-c6ccccc64)c4ccccc4-5)c4cccc5c6ccccc6c6ccccc6c45)c32)cc1. The summed E-state index contributed by atoms with van der Waals surface area (Å²) in [4.78, 5) is 2.64. The van der Waals surface area contributed by atoms with Crippen LogP contribution in [0.5, 0.6) is 0 Å². The van der Waals surface area contributed by atoms with E-state index in [0.717, 1.165) is 17.1 Å². The van der Waals surface area contributed by atoms with Gasteiger partial charge in [-0.05, 0) is 124 Å². The summed E-state index contributed by atoms with van der Waals surface area (Å²) in [6.45, 7) is 0. The van der Waals surface area contributed by atoms with Crippen LogP contribution in [0.3, 0.4) is 0 Å². The topological polar surface area (TPSA) is 3.24 Å². The molecule has 0 radical (unpaired) electrons. The normalized spacial score (nSPS) is 14.0. The van der Waals surface area contributed by atoms with Gasteiger partial charge in [-0.25, -0.2) is 0 Å². The van der Waals surface area contributed by atoms with Crippen LogP contribution in [-0.4, -0.2) is 0 Å². The van der Waals surface area contributed by atoms with E-state index >= 15 is 0 Å². The van der Waals surface area contributed by atoms with Gasteiger partial charge in [-0.1, -0.05) is 237 Å². The molecule has 12 aromatic carbocycles. The zero-order valence-corrected chi connectivity index (χ0v) is 37.8. The van der Waals surface area contributed by atoms with Gasteiger partial charge in [0.15, 0.2) is 0 Å². The summed E-state index contributed by atoms with van der Waals surface area (Å²) in [5.74, 6) is 0. The van der Waals surface area contributed by atoms with Gasteiger partial charge in [0.1, 0.15) is 0 Å². The highest BCUT2D eigenvalue weighted by Crippen LogP contribution is 2.65. The molecule has 0 heterocycles. The molecule has 0 aliphatic heterocycles. The van der Waals surface area contributed by atoms with E-state index in [9.17, 15) is 0 Å². The first-order valence-corrected chi connectivity index (χ1v) is 24.2. The predicted molar refractivity (Wildman–Crippen MR) is 287 cm³/mol. The Morgan fingerprint density at radius 3 is 1.17 bits per heavy atom. The first-order valence-electron chi connectivity index (χ1n) is 24.2. The number of hydrogen-bond donors (Lipinski definition) is 0. The van der Waals surface area contributed by atoms with E-state index < -0.39 is 10.8 Å². The van der Waals surface area contributed by atoms with Gasteiger partial charge in [-0.3, -0.25) is 0 Å². The molecule has 69 heavy (non-hydrogen) atoms.